The summed E-state index contributed by atoms with van der Waals surface area (Å²) in [7, 11) is 1.95. The summed E-state index contributed by atoms with van der Waals surface area (Å²) in [6.45, 7) is 0.898. The number of hydrogen-bond donors (Lipinski definition) is 2. The number of carbonyl (C=O) groups excluding carboxylic acids is 1. The minimum Gasteiger partial charge on any atom is -0.365 e. The molecule has 1 amide bonds. The number of amides is 1. The molecule has 1 aliphatic rings. The highest BCUT2D eigenvalue weighted by Gasteiger charge is 2.23. The Morgan fingerprint density at radius 3 is 2.62 bits per heavy atom. The van der Waals surface area contributed by atoms with Crippen LogP contribution in [0.15, 0.2) is 36.4 Å². The van der Waals surface area contributed by atoms with Crippen molar-refractivity contribution in [3.05, 3.63) is 42.0 Å². The molecule has 4 heteroatoms. The predicted octanol–water partition coefficient (Wildman–Crippen LogP) is 2.01. The van der Waals surface area contributed by atoms with Crippen LogP contribution in [0.2, 0.25) is 0 Å². The van der Waals surface area contributed by atoms with E-state index in [1.807, 2.05) is 30.1 Å². The summed E-state index contributed by atoms with van der Waals surface area (Å²) in [4.78, 5) is 14.0. The number of rotatable bonds is 5. The molecule has 110 valence electrons. The van der Waals surface area contributed by atoms with Gasteiger partial charge in [-0.05, 0) is 29.9 Å². The van der Waals surface area contributed by atoms with Gasteiger partial charge < -0.3 is 16.0 Å². The van der Waals surface area contributed by atoms with Crippen LogP contribution in [-0.4, -0.2) is 25.5 Å². The highest BCUT2D eigenvalue weighted by molar-refractivity contribution is 5.97. The number of nitrogens with two attached hydrogens (primary N) is 1. The summed E-state index contributed by atoms with van der Waals surface area (Å²) in [5.74, 6) is 0.0898. The first-order chi connectivity index (χ1) is 10.2. The molecule has 4 nitrogen and oxygen atoms in total. The van der Waals surface area contributed by atoms with E-state index >= 15 is 0 Å². The van der Waals surface area contributed by atoms with Gasteiger partial charge in [-0.2, -0.15) is 0 Å². The fraction of sp³-hybridized carbons (Fsp3) is 0.353. The molecule has 0 aliphatic heterocycles. The zero-order valence-corrected chi connectivity index (χ0v) is 12.3. The van der Waals surface area contributed by atoms with Gasteiger partial charge in [-0.3, -0.25) is 4.79 Å². The molecule has 0 atom stereocenters. The minimum absolute atomic E-state index is 0.0898. The van der Waals surface area contributed by atoms with E-state index in [1.165, 1.54) is 0 Å². The van der Waals surface area contributed by atoms with Gasteiger partial charge in [-0.15, -0.1) is 0 Å². The number of hydrogen-bond acceptors (Lipinski definition) is 3. The Labute approximate surface area is 124 Å². The van der Waals surface area contributed by atoms with E-state index in [2.05, 4.69) is 23.5 Å². The Kier molecular flexibility index (Phi) is 3.80. The maximum Gasteiger partial charge on any atom is 0.239 e. The third-order valence-corrected chi connectivity index (χ3v) is 3.95. The largest absolute Gasteiger partial charge is 0.365 e. The van der Waals surface area contributed by atoms with E-state index in [1.54, 1.807) is 0 Å². The molecule has 1 saturated carbocycles. The van der Waals surface area contributed by atoms with Gasteiger partial charge >= 0.3 is 0 Å². The minimum atomic E-state index is 0.0898. The smallest absolute Gasteiger partial charge is 0.239 e. The summed E-state index contributed by atoms with van der Waals surface area (Å²) >= 11 is 0. The van der Waals surface area contributed by atoms with E-state index in [-0.39, 0.29) is 5.91 Å². The zero-order valence-electron chi connectivity index (χ0n) is 12.3. The molecule has 1 aliphatic carbocycles. The van der Waals surface area contributed by atoms with Crippen molar-refractivity contribution in [2.24, 2.45) is 5.73 Å². The molecule has 0 spiro atoms. The summed E-state index contributed by atoms with van der Waals surface area (Å²) in [6.07, 6.45) is 2.23. The average molecular weight is 283 g/mol. The van der Waals surface area contributed by atoms with Crippen molar-refractivity contribution in [2.75, 3.05) is 18.5 Å². The number of nitrogens with zero attached hydrogens (tertiary/aromatic N) is 1. The van der Waals surface area contributed by atoms with Gasteiger partial charge in [0.15, 0.2) is 0 Å². The van der Waals surface area contributed by atoms with Crippen LogP contribution < -0.4 is 16.0 Å². The van der Waals surface area contributed by atoms with Crippen LogP contribution in [0.4, 0.5) is 5.69 Å². The van der Waals surface area contributed by atoms with Crippen molar-refractivity contribution >= 4 is 22.4 Å². The normalized spacial score (nSPS) is 14.2. The molecule has 3 rings (SSSR count). The summed E-state index contributed by atoms with van der Waals surface area (Å²) < 4.78 is 0. The molecular weight excluding hydrogens is 262 g/mol. The van der Waals surface area contributed by atoms with Gasteiger partial charge in [0.05, 0.1) is 6.54 Å². The third-order valence-electron chi connectivity index (χ3n) is 3.95. The van der Waals surface area contributed by atoms with Gasteiger partial charge in [0.2, 0.25) is 5.91 Å². The van der Waals surface area contributed by atoms with Crippen molar-refractivity contribution in [1.82, 2.24) is 5.32 Å². The lowest BCUT2D eigenvalue weighted by atomic mass is 10.0. The molecule has 2 aromatic rings. The predicted molar refractivity (Wildman–Crippen MR) is 86.3 cm³/mol. The highest BCUT2D eigenvalue weighted by Crippen LogP contribution is 2.28. The van der Waals surface area contributed by atoms with Gasteiger partial charge in [-0.25, -0.2) is 0 Å². The second-order valence-electron chi connectivity index (χ2n) is 5.69. The SMILES string of the molecule is CN(CC(=O)NC1CC1)c1ccc(CN)c2ccccc12. The van der Waals surface area contributed by atoms with Gasteiger partial charge in [0, 0.05) is 30.7 Å². The fourth-order valence-electron chi connectivity index (χ4n) is 2.66. The molecule has 1 fully saturated rings. The Balaban J connectivity index is 1.86. The number of benzene rings is 2. The van der Waals surface area contributed by atoms with E-state index in [4.69, 9.17) is 5.73 Å². The lowest BCUT2D eigenvalue weighted by Crippen LogP contribution is -2.36. The second-order valence-corrected chi connectivity index (χ2v) is 5.69. The quantitative estimate of drug-likeness (QED) is 0.882. The van der Waals surface area contributed by atoms with Crippen LogP contribution in [0.3, 0.4) is 0 Å². The van der Waals surface area contributed by atoms with Crippen LogP contribution in [0.25, 0.3) is 10.8 Å². The van der Waals surface area contributed by atoms with Crippen molar-refractivity contribution in [2.45, 2.75) is 25.4 Å². The maximum atomic E-state index is 12.0. The monoisotopic (exact) mass is 283 g/mol. The Hall–Kier alpha value is -2.07. The van der Waals surface area contributed by atoms with E-state index in [0.717, 1.165) is 34.9 Å². The van der Waals surface area contributed by atoms with Crippen molar-refractivity contribution < 1.29 is 4.79 Å². The summed E-state index contributed by atoms with van der Waals surface area (Å²) in [5, 5.41) is 5.32. The average Bonchev–Trinajstić information content (AvgIpc) is 3.29. The number of carbonyl (C=O) groups is 1. The molecule has 0 bridgehead atoms. The molecule has 21 heavy (non-hydrogen) atoms. The molecule has 0 saturated heterocycles. The molecule has 0 unspecified atom stereocenters. The lowest BCUT2D eigenvalue weighted by molar-refractivity contribution is -0.119. The first-order valence-electron chi connectivity index (χ1n) is 7.40. The van der Waals surface area contributed by atoms with Crippen LogP contribution in [0.1, 0.15) is 18.4 Å². The van der Waals surface area contributed by atoms with Crippen LogP contribution in [0.5, 0.6) is 0 Å². The Bertz CT molecular complexity index is 664. The first-order valence-corrected chi connectivity index (χ1v) is 7.40. The highest BCUT2D eigenvalue weighted by atomic mass is 16.2. The molecule has 3 N–H and O–H groups in total. The topological polar surface area (TPSA) is 58.4 Å². The zero-order chi connectivity index (χ0) is 14.8. The number of anilines is 1. The third kappa shape index (κ3) is 3.00. The van der Waals surface area contributed by atoms with Crippen LogP contribution in [-0.2, 0) is 11.3 Å². The van der Waals surface area contributed by atoms with Gasteiger partial charge in [0.1, 0.15) is 0 Å². The summed E-state index contributed by atoms with van der Waals surface area (Å²) in [5.41, 5.74) is 8.00. The van der Waals surface area contributed by atoms with Crippen molar-refractivity contribution in [3.63, 3.8) is 0 Å². The second kappa shape index (κ2) is 5.74. The standard InChI is InChI=1S/C17H21N3O/c1-20(11-17(21)19-13-7-8-13)16-9-6-12(10-18)14-4-2-3-5-15(14)16/h2-6,9,13H,7-8,10-11,18H2,1H3,(H,19,21). The van der Waals surface area contributed by atoms with Crippen LogP contribution >= 0.6 is 0 Å². The number of fused-ring (bicyclic) bond motifs is 1. The van der Waals surface area contributed by atoms with Crippen molar-refractivity contribution in [3.8, 4) is 0 Å². The van der Waals surface area contributed by atoms with E-state index in [0.29, 0.717) is 19.1 Å². The molecule has 0 heterocycles. The van der Waals surface area contributed by atoms with Crippen molar-refractivity contribution in [1.29, 1.82) is 0 Å². The molecule has 0 radical (unpaired) electrons. The fourth-order valence-corrected chi connectivity index (χ4v) is 2.66. The Morgan fingerprint density at radius 2 is 1.95 bits per heavy atom. The Morgan fingerprint density at radius 1 is 1.24 bits per heavy atom. The summed E-state index contributed by atoms with van der Waals surface area (Å²) in [6, 6.07) is 12.7. The molecule has 2 aromatic carbocycles. The number of nitrogens with one attached hydrogen (secondary N) is 1. The maximum absolute atomic E-state index is 12.0. The molecular formula is C17H21N3O. The lowest BCUT2D eigenvalue weighted by Gasteiger charge is -2.21. The van der Waals surface area contributed by atoms with Gasteiger partial charge in [-0.1, -0.05) is 30.3 Å². The van der Waals surface area contributed by atoms with Gasteiger partial charge in [0.25, 0.3) is 0 Å². The first kappa shape index (κ1) is 13.9. The number of likely N-dealkylation sites (N-methyl/N-ethyl adjacent to an activating group) is 1. The van der Waals surface area contributed by atoms with E-state index < -0.39 is 0 Å². The van der Waals surface area contributed by atoms with E-state index in [9.17, 15) is 4.79 Å². The molecule has 0 aromatic heterocycles. The van der Waals surface area contributed by atoms with Crippen LogP contribution in [0, 0.1) is 0 Å².